The maximum absolute atomic E-state index is 4.30. The zero-order valence-electron chi connectivity index (χ0n) is 30.1. The standard InChI is InChI=1S/C45H48N4S/c1-6-9-15-33-18-19-36-37-20-21-38-41(42(37)50-40(36)31-33)39-17-12-13-27-49(39)45(8-3,44(38,5)7-2)24-28-47-29-30-48(34-22-25-46-26-23-34)43(47)35-16-11-10-14-32(35)4/h10-14,16-23,25-27,29-31H,6-9,15,24,28H2,1-5H3/q+2. The summed E-state index contributed by atoms with van der Waals surface area (Å²) in [4.78, 5) is 4.30. The summed E-state index contributed by atoms with van der Waals surface area (Å²) in [5.74, 6) is 1.21. The zero-order chi connectivity index (χ0) is 34.5. The van der Waals surface area contributed by atoms with Crippen LogP contribution >= 0.6 is 11.3 Å². The molecule has 3 aromatic carbocycles. The first-order valence-corrected chi connectivity index (χ1v) is 19.3. The lowest BCUT2D eigenvalue weighted by Crippen LogP contribution is -2.69. The molecule has 2 unspecified atom stereocenters. The van der Waals surface area contributed by atoms with Crippen molar-refractivity contribution in [3.63, 3.8) is 0 Å². The number of nitrogens with zero attached hydrogens (tertiary/aromatic N) is 4. The fourth-order valence-electron chi connectivity index (χ4n) is 9.06. The van der Waals surface area contributed by atoms with Gasteiger partial charge in [0.25, 0.3) is 5.82 Å². The summed E-state index contributed by atoms with van der Waals surface area (Å²) in [5.41, 5.74) is 9.18. The molecule has 4 nitrogen and oxygen atoms in total. The molecule has 4 aromatic heterocycles. The monoisotopic (exact) mass is 676 g/mol. The SMILES string of the molecule is CCCCc1ccc2c(c1)sc1c3c(ccc12)C(C)(CC)C(CC)(CC[n+]1ccn(-c2ccncc2)c1-c1ccccc1C)[n+]1ccccc1-3. The Labute approximate surface area is 300 Å². The van der Waals surface area contributed by atoms with Crippen LogP contribution in [0.2, 0.25) is 0 Å². The molecule has 1 aliphatic rings. The molecule has 0 saturated carbocycles. The van der Waals surface area contributed by atoms with Gasteiger partial charge in [-0.1, -0.05) is 69.7 Å². The van der Waals surface area contributed by atoms with E-state index in [1.165, 1.54) is 72.3 Å². The van der Waals surface area contributed by atoms with Crippen LogP contribution in [-0.4, -0.2) is 9.55 Å². The van der Waals surface area contributed by atoms with Crippen LogP contribution in [0.1, 0.15) is 76.5 Å². The Morgan fingerprint density at radius 3 is 2.42 bits per heavy atom. The van der Waals surface area contributed by atoms with Crippen molar-refractivity contribution in [1.82, 2.24) is 9.55 Å². The van der Waals surface area contributed by atoms with E-state index in [2.05, 4.69) is 157 Å². The van der Waals surface area contributed by atoms with E-state index in [0.717, 1.165) is 37.9 Å². The summed E-state index contributed by atoms with van der Waals surface area (Å²) in [6.07, 6.45) is 17.3. The van der Waals surface area contributed by atoms with Gasteiger partial charge in [0.1, 0.15) is 18.1 Å². The molecule has 0 saturated heterocycles. The molecular weight excluding hydrogens is 629 g/mol. The van der Waals surface area contributed by atoms with Gasteiger partial charge in [0, 0.05) is 63.3 Å². The van der Waals surface area contributed by atoms with Gasteiger partial charge in [0.2, 0.25) is 5.69 Å². The van der Waals surface area contributed by atoms with Crippen molar-refractivity contribution in [2.45, 2.75) is 90.6 Å². The van der Waals surface area contributed by atoms with E-state index in [0.29, 0.717) is 0 Å². The third-order valence-corrected chi connectivity index (χ3v) is 13.2. The van der Waals surface area contributed by atoms with E-state index in [9.17, 15) is 0 Å². The first kappa shape index (κ1) is 32.6. The van der Waals surface area contributed by atoms with Crippen molar-refractivity contribution in [1.29, 1.82) is 0 Å². The Morgan fingerprint density at radius 2 is 1.64 bits per heavy atom. The number of hydrogen-bond donors (Lipinski definition) is 0. The van der Waals surface area contributed by atoms with Gasteiger partial charge >= 0.3 is 0 Å². The molecule has 0 N–H and O–H groups in total. The molecule has 50 heavy (non-hydrogen) atoms. The molecule has 8 rings (SSSR count). The van der Waals surface area contributed by atoms with Crippen molar-refractivity contribution >= 4 is 31.5 Å². The van der Waals surface area contributed by atoms with Crippen LogP contribution in [0.4, 0.5) is 0 Å². The number of rotatable bonds is 10. The average molecular weight is 677 g/mol. The van der Waals surface area contributed by atoms with Crippen LogP contribution in [0.3, 0.4) is 0 Å². The number of thiophene rings is 1. The molecule has 0 bridgehead atoms. The van der Waals surface area contributed by atoms with Gasteiger partial charge in [-0.05, 0) is 68.0 Å². The molecule has 0 fully saturated rings. The zero-order valence-corrected chi connectivity index (χ0v) is 30.9. The van der Waals surface area contributed by atoms with E-state index < -0.39 is 0 Å². The van der Waals surface area contributed by atoms with Gasteiger partial charge in [-0.25, -0.2) is 4.57 Å². The number of pyridine rings is 2. The molecular formula is C45H48N4S+2. The lowest BCUT2D eigenvalue weighted by Gasteiger charge is -2.48. The molecule has 5 heteroatoms. The van der Waals surface area contributed by atoms with Crippen LogP contribution in [0.15, 0.2) is 116 Å². The third-order valence-electron chi connectivity index (χ3n) is 12.0. The summed E-state index contributed by atoms with van der Waals surface area (Å²) in [6, 6.07) is 31.9. The minimum atomic E-state index is -0.127. The normalized spacial score (nSPS) is 18.4. The predicted molar refractivity (Wildman–Crippen MR) is 208 cm³/mol. The van der Waals surface area contributed by atoms with Gasteiger partial charge < -0.3 is 0 Å². The molecule has 0 spiro atoms. The first-order chi connectivity index (χ1) is 24.4. The van der Waals surface area contributed by atoms with E-state index in [1.807, 2.05) is 23.7 Å². The molecule has 1 aliphatic heterocycles. The van der Waals surface area contributed by atoms with Gasteiger partial charge in [0.05, 0.1) is 29.5 Å². The van der Waals surface area contributed by atoms with Gasteiger partial charge in [0.15, 0.2) is 11.7 Å². The lowest BCUT2D eigenvalue weighted by atomic mass is 9.58. The van der Waals surface area contributed by atoms with E-state index in [1.54, 1.807) is 0 Å². The third kappa shape index (κ3) is 4.96. The molecule has 2 atom stereocenters. The second-order valence-electron chi connectivity index (χ2n) is 14.4. The van der Waals surface area contributed by atoms with Gasteiger partial charge in [-0.3, -0.25) is 4.98 Å². The van der Waals surface area contributed by atoms with E-state index in [-0.39, 0.29) is 11.0 Å². The van der Waals surface area contributed by atoms with Gasteiger partial charge in [-0.2, -0.15) is 9.13 Å². The summed E-state index contributed by atoms with van der Waals surface area (Å²) >= 11 is 1.99. The molecule has 0 aliphatic carbocycles. The Kier molecular flexibility index (Phi) is 8.43. The lowest BCUT2D eigenvalue weighted by molar-refractivity contribution is -0.782. The highest BCUT2D eigenvalue weighted by atomic mass is 32.1. The van der Waals surface area contributed by atoms with Crippen LogP contribution < -0.4 is 9.13 Å². The number of hydrogen-bond acceptors (Lipinski definition) is 2. The van der Waals surface area contributed by atoms with Crippen LogP contribution in [0.25, 0.3) is 48.5 Å². The second-order valence-corrected chi connectivity index (χ2v) is 15.4. The summed E-state index contributed by atoms with van der Waals surface area (Å²) in [6.45, 7) is 12.8. The number of unbranched alkanes of at least 4 members (excludes halogenated alkanes) is 1. The van der Waals surface area contributed by atoms with Crippen LogP contribution in [0, 0.1) is 6.92 Å². The fourth-order valence-corrected chi connectivity index (χ4v) is 10.4. The number of benzene rings is 3. The number of aromatic nitrogens is 4. The van der Waals surface area contributed by atoms with Crippen molar-refractivity contribution < 1.29 is 9.13 Å². The average Bonchev–Trinajstić information content (AvgIpc) is 3.75. The predicted octanol–water partition coefficient (Wildman–Crippen LogP) is 10.7. The first-order valence-electron chi connectivity index (χ1n) is 18.5. The number of imidazole rings is 1. The Bertz CT molecular complexity index is 2330. The van der Waals surface area contributed by atoms with Crippen molar-refractivity contribution in [2.75, 3.05) is 0 Å². The maximum atomic E-state index is 4.30. The highest BCUT2D eigenvalue weighted by Gasteiger charge is 2.59. The highest BCUT2D eigenvalue weighted by molar-refractivity contribution is 7.26. The molecule has 7 aromatic rings. The number of fused-ring (bicyclic) bond motifs is 7. The van der Waals surface area contributed by atoms with Crippen LogP contribution in [0.5, 0.6) is 0 Å². The summed E-state index contributed by atoms with van der Waals surface area (Å²) < 4.78 is 10.3. The summed E-state index contributed by atoms with van der Waals surface area (Å²) in [5, 5.41) is 2.78. The van der Waals surface area contributed by atoms with Crippen molar-refractivity contribution in [3.05, 3.63) is 133 Å². The van der Waals surface area contributed by atoms with Crippen molar-refractivity contribution in [2.24, 2.45) is 0 Å². The molecule has 0 amide bonds. The molecule has 5 heterocycles. The van der Waals surface area contributed by atoms with Gasteiger partial charge in [-0.15, -0.1) is 11.3 Å². The quantitative estimate of drug-likeness (QED) is 0.132. The topological polar surface area (TPSA) is 25.6 Å². The van der Waals surface area contributed by atoms with E-state index >= 15 is 0 Å². The van der Waals surface area contributed by atoms with Crippen LogP contribution in [-0.2, 0) is 23.9 Å². The Hall–Kier alpha value is -4.61. The summed E-state index contributed by atoms with van der Waals surface area (Å²) in [7, 11) is 0. The minimum Gasteiger partial charge on any atom is -0.264 e. The van der Waals surface area contributed by atoms with E-state index in [4.69, 9.17) is 0 Å². The largest absolute Gasteiger partial charge is 0.294 e. The fraction of sp³-hybridized carbons (Fsp3) is 0.311. The Balaban J connectivity index is 1.28. The molecule has 0 radical (unpaired) electrons. The smallest absolute Gasteiger partial charge is 0.264 e. The highest BCUT2D eigenvalue weighted by Crippen LogP contribution is 2.54. The van der Waals surface area contributed by atoms with Crippen molar-refractivity contribution in [3.8, 4) is 28.3 Å². The number of aryl methyl sites for hydroxylation is 3. The maximum Gasteiger partial charge on any atom is 0.294 e. The minimum absolute atomic E-state index is 0.0796. The Morgan fingerprint density at radius 1 is 0.840 bits per heavy atom. The molecule has 252 valence electrons. The second kappa shape index (κ2) is 12.9.